The highest BCUT2D eigenvalue weighted by molar-refractivity contribution is 5.61. The quantitative estimate of drug-likeness (QED) is 0.729. The van der Waals surface area contributed by atoms with E-state index in [4.69, 9.17) is 4.42 Å². The molecule has 0 aliphatic carbocycles. The molecular weight excluding hydrogens is 205 g/mol. The van der Waals surface area contributed by atoms with E-state index < -0.39 is 0 Å². The van der Waals surface area contributed by atoms with E-state index in [2.05, 4.69) is 4.98 Å². The number of aromatic nitrogens is 1. The zero-order valence-corrected chi connectivity index (χ0v) is 9.62. The smallest absolute Gasteiger partial charge is 0.229 e. The molecule has 0 bridgehead atoms. The van der Waals surface area contributed by atoms with Gasteiger partial charge in [-0.3, -0.25) is 0 Å². The van der Waals surface area contributed by atoms with Crippen LogP contribution < -0.4 is 0 Å². The Morgan fingerprint density at radius 2 is 2.00 bits per heavy atom. The van der Waals surface area contributed by atoms with Crippen molar-refractivity contribution in [3.63, 3.8) is 0 Å². The predicted octanol–water partition coefficient (Wildman–Crippen LogP) is 3.78. The van der Waals surface area contributed by atoms with Crippen LogP contribution >= 0.6 is 0 Å². The Labute approximate surface area is 94.1 Å². The Bertz CT molecular complexity index is 483. The molecule has 0 amide bonds. The zero-order chi connectivity index (χ0) is 11.8. The van der Waals surface area contributed by atoms with E-state index in [-0.39, 0.29) is 11.2 Å². The summed E-state index contributed by atoms with van der Waals surface area (Å²) in [5, 5.41) is 0. The third-order valence-corrected chi connectivity index (χ3v) is 2.47. The molecule has 0 atom stereocenters. The van der Waals surface area contributed by atoms with Crippen LogP contribution in [0.3, 0.4) is 0 Å². The molecule has 1 aromatic heterocycles. The summed E-state index contributed by atoms with van der Waals surface area (Å²) >= 11 is 0. The van der Waals surface area contributed by atoms with Crippen molar-refractivity contribution in [3.8, 4) is 11.5 Å². The first-order chi connectivity index (χ1) is 7.50. The van der Waals surface area contributed by atoms with Gasteiger partial charge in [-0.2, -0.15) is 0 Å². The molecule has 0 fully saturated rings. The summed E-state index contributed by atoms with van der Waals surface area (Å²) in [5.74, 6) is 0.0397. The minimum absolute atomic E-state index is 0.147. The first kappa shape index (κ1) is 10.9. The maximum atomic E-state index is 13.8. The van der Waals surface area contributed by atoms with Gasteiger partial charge in [0.05, 0.1) is 11.8 Å². The van der Waals surface area contributed by atoms with Gasteiger partial charge in [0.1, 0.15) is 12.1 Å². The second-order valence-electron chi connectivity index (χ2n) is 4.75. The van der Waals surface area contributed by atoms with Gasteiger partial charge < -0.3 is 4.42 Å². The van der Waals surface area contributed by atoms with Crippen LogP contribution in [0.15, 0.2) is 35.1 Å². The molecule has 2 nitrogen and oxygen atoms in total. The first-order valence-electron chi connectivity index (χ1n) is 5.19. The fraction of sp³-hybridized carbons (Fsp3) is 0.308. The van der Waals surface area contributed by atoms with Crippen LogP contribution in [0.1, 0.15) is 26.3 Å². The molecule has 84 valence electrons. The summed E-state index contributed by atoms with van der Waals surface area (Å²) in [4.78, 5) is 4.01. The minimum Gasteiger partial charge on any atom is -0.444 e. The normalized spacial score (nSPS) is 11.8. The van der Waals surface area contributed by atoms with Crippen molar-refractivity contribution in [2.45, 2.75) is 26.2 Å². The highest BCUT2D eigenvalue weighted by Crippen LogP contribution is 2.33. The van der Waals surface area contributed by atoms with Crippen molar-refractivity contribution in [2.24, 2.45) is 0 Å². The monoisotopic (exact) mass is 219 g/mol. The number of halogens is 1. The molecule has 0 radical (unpaired) electrons. The molecule has 16 heavy (non-hydrogen) atoms. The lowest BCUT2D eigenvalue weighted by atomic mass is 9.83. The molecule has 0 aliphatic heterocycles. The van der Waals surface area contributed by atoms with Crippen molar-refractivity contribution in [1.82, 2.24) is 4.98 Å². The van der Waals surface area contributed by atoms with E-state index >= 15 is 0 Å². The second-order valence-corrected chi connectivity index (χ2v) is 4.75. The SMILES string of the molecule is CC(C)(C)c1cccc(F)c1-c1ncco1. The topological polar surface area (TPSA) is 26.0 Å². The Kier molecular flexibility index (Phi) is 2.54. The lowest BCUT2D eigenvalue weighted by Crippen LogP contribution is -2.13. The van der Waals surface area contributed by atoms with Crippen LogP contribution in [0.2, 0.25) is 0 Å². The van der Waals surface area contributed by atoms with Gasteiger partial charge >= 0.3 is 0 Å². The molecule has 3 heteroatoms. The Morgan fingerprint density at radius 1 is 1.25 bits per heavy atom. The standard InChI is InChI=1S/C13H14FNO/c1-13(2,3)9-5-4-6-10(14)11(9)12-15-7-8-16-12/h4-8H,1-3H3. The van der Waals surface area contributed by atoms with Crippen LogP contribution in [-0.4, -0.2) is 4.98 Å². The van der Waals surface area contributed by atoms with Crippen LogP contribution in [0.5, 0.6) is 0 Å². The largest absolute Gasteiger partial charge is 0.444 e. The van der Waals surface area contributed by atoms with Crippen LogP contribution in [-0.2, 0) is 5.41 Å². The van der Waals surface area contributed by atoms with Crippen LogP contribution in [0.25, 0.3) is 11.5 Å². The number of nitrogens with zero attached hydrogens (tertiary/aromatic N) is 1. The van der Waals surface area contributed by atoms with E-state index in [0.717, 1.165) is 5.56 Å². The van der Waals surface area contributed by atoms with E-state index in [1.807, 2.05) is 26.8 Å². The van der Waals surface area contributed by atoms with Crippen molar-refractivity contribution >= 4 is 0 Å². The third-order valence-electron chi connectivity index (χ3n) is 2.47. The fourth-order valence-corrected chi connectivity index (χ4v) is 1.71. The third kappa shape index (κ3) is 1.85. The average Bonchev–Trinajstić information content (AvgIpc) is 2.68. The van der Waals surface area contributed by atoms with Crippen LogP contribution in [0, 0.1) is 5.82 Å². The molecule has 0 unspecified atom stereocenters. The molecule has 1 heterocycles. The molecule has 0 N–H and O–H groups in total. The van der Waals surface area contributed by atoms with E-state index in [1.54, 1.807) is 6.07 Å². The minimum atomic E-state index is -0.296. The lowest BCUT2D eigenvalue weighted by molar-refractivity contribution is 0.543. The maximum absolute atomic E-state index is 13.8. The highest BCUT2D eigenvalue weighted by atomic mass is 19.1. The Morgan fingerprint density at radius 3 is 2.56 bits per heavy atom. The Balaban J connectivity index is 2.68. The van der Waals surface area contributed by atoms with Gasteiger partial charge in [0.2, 0.25) is 5.89 Å². The maximum Gasteiger partial charge on any atom is 0.229 e. The van der Waals surface area contributed by atoms with Crippen molar-refractivity contribution in [1.29, 1.82) is 0 Å². The summed E-state index contributed by atoms with van der Waals surface area (Å²) in [5.41, 5.74) is 1.21. The number of rotatable bonds is 1. The molecule has 0 saturated heterocycles. The molecule has 1 aromatic carbocycles. The summed E-state index contributed by atoms with van der Waals surface area (Å²) < 4.78 is 19.0. The predicted molar refractivity (Wildman–Crippen MR) is 60.6 cm³/mol. The van der Waals surface area contributed by atoms with Crippen molar-refractivity contribution in [2.75, 3.05) is 0 Å². The van der Waals surface area contributed by atoms with Gasteiger partial charge in [0, 0.05) is 0 Å². The van der Waals surface area contributed by atoms with Gasteiger partial charge in [0.15, 0.2) is 0 Å². The van der Waals surface area contributed by atoms with Crippen LogP contribution in [0.4, 0.5) is 4.39 Å². The number of benzene rings is 1. The first-order valence-corrected chi connectivity index (χ1v) is 5.19. The number of hydrogen-bond donors (Lipinski definition) is 0. The summed E-state index contributed by atoms with van der Waals surface area (Å²) in [6, 6.07) is 5.04. The van der Waals surface area contributed by atoms with Gasteiger partial charge in [0.25, 0.3) is 0 Å². The van der Waals surface area contributed by atoms with E-state index in [0.29, 0.717) is 11.5 Å². The van der Waals surface area contributed by atoms with Gasteiger partial charge in [-0.05, 0) is 17.0 Å². The second kappa shape index (κ2) is 3.74. The van der Waals surface area contributed by atoms with E-state index in [9.17, 15) is 4.39 Å². The fourth-order valence-electron chi connectivity index (χ4n) is 1.71. The Hall–Kier alpha value is -1.64. The van der Waals surface area contributed by atoms with Crippen molar-refractivity contribution in [3.05, 3.63) is 42.0 Å². The molecule has 2 rings (SSSR count). The number of oxazole rings is 1. The summed E-state index contributed by atoms with van der Waals surface area (Å²) in [7, 11) is 0. The lowest BCUT2D eigenvalue weighted by Gasteiger charge is -2.21. The summed E-state index contributed by atoms with van der Waals surface area (Å²) in [6.45, 7) is 6.11. The zero-order valence-electron chi connectivity index (χ0n) is 9.62. The van der Waals surface area contributed by atoms with E-state index in [1.165, 1.54) is 18.5 Å². The van der Waals surface area contributed by atoms with Gasteiger partial charge in [-0.1, -0.05) is 32.9 Å². The molecule has 2 aromatic rings. The van der Waals surface area contributed by atoms with Gasteiger partial charge in [-0.15, -0.1) is 0 Å². The molecule has 0 aliphatic rings. The highest BCUT2D eigenvalue weighted by Gasteiger charge is 2.23. The average molecular weight is 219 g/mol. The molecule has 0 saturated carbocycles. The molecular formula is C13H14FNO. The summed E-state index contributed by atoms with van der Waals surface area (Å²) in [6.07, 6.45) is 2.97. The van der Waals surface area contributed by atoms with Gasteiger partial charge in [-0.25, -0.2) is 9.37 Å². The molecule has 0 spiro atoms. The number of hydrogen-bond acceptors (Lipinski definition) is 2. The van der Waals surface area contributed by atoms with Crippen molar-refractivity contribution < 1.29 is 8.81 Å².